The molecule has 0 unspecified atom stereocenters. The lowest BCUT2D eigenvalue weighted by molar-refractivity contribution is 0.194. The first-order chi connectivity index (χ1) is 14.7. The lowest BCUT2D eigenvalue weighted by atomic mass is 10.0. The van der Waals surface area contributed by atoms with E-state index in [9.17, 15) is 9.18 Å². The Morgan fingerprint density at radius 1 is 1.03 bits per heavy atom. The molecular formula is C23H21FN4OS. The molecule has 0 spiro atoms. The first-order valence-corrected chi connectivity index (χ1v) is 10.8. The number of hydrogen-bond acceptors (Lipinski definition) is 4. The lowest BCUT2D eigenvalue weighted by Gasteiger charge is -2.34. The minimum Gasteiger partial charge on any atom is -0.345 e. The number of nitrogens with one attached hydrogen (secondary N) is 1. The Morgan fingerprint density at radius 2 is 1.83 bits per heavy atom. The highest BCUT2D eigenvalue weighted by Crippen LogP contribution is 2.30. The van der Waals surface area contributed by atoms with Crippen molar-refractivity contribution in [2.75, 3.05) is 31.1 Å². The van der Waals surface area contributed by atoms with E-state index < -0.39 is 0 Å². The second kappa shape index (κ2) is 7.91. The Bertz CT molecular complexity index is 1210. The third-order valence-corrected chi connectivity index (χ3v) is 6.57. The summed E-state index contributed by atoms with van der Waals surface area (Å²) in [5.41, 5.74) is 1.92. The van der Waals surface area contributed by atoms with E-state index in [1.54, 1.807) is 6.07 Å². The monoisotopic (exact) mass is 420 g/mol. The first kappa shape index (κ1) is 18.8. The molecule has 5 nitrogen and oxygen atoms in total. The second-order valence-electron chi connectivity index (χ2n) is 7.38. The molecule has 1 aliphatic heterocycles. The van der Waals surface area contributed by atoms with Gasteiger partial charge in [0.1, 0.15) is 5.82 Å². The van der Waals surface area contributed by atoms with Gasteiger partial charge in [-0.1, -0.05) is 53.8 Å². The molecule has 1 aromatic heterocycles. The van der Waals surface area contributed by atoms with Crippen LogP contribution >= 0.6 is 11.3 Å². The summed E-state index contributed by atoms with van der Waals surface area (Å²) in [7, 11) is 0. The summed E-state index contributed by atoms with van der Waals surface area (Å²) >= 11 is 1.49. The highest BCUT2D eigenvalue weighted by Gasteiger charge is 2.23. The number of fused-ring (bicyclic) bond motifs is 2. The van der Waals surface area contributed by atoms with Gasteiger partial charge >= 0.3 is 6.03 Å². The van der Waals surface area contributed by atoms with E-state index in [0.29, 0.717) is 32.7 Å². The molecule has 0 aliphatic carbocycles. The summed E-state index contributed by atoms with van der Waals surface area (Å²) in [6.07, 6.45) is 0. The van der Waals surface area contributed by atoms with Crippen molar-refractivity contribution in [1.82, 2.24) is 15.2 Å². The van der Waals surface area contributed by atoms with E-state index in [-0.39, 0.29) is 11.8 Å². The molecule has 1 aliphatic rings. The molecule has 152 valence electrons. The summed E-state index contributed by atoms with van der Waals surface area (Å²) < 4.78 is 14.3. The van der Waals surface area contributed by atoms with Gasteiger partial charge in [-0.2, -0.15) is 0 Å². The number of piperazine rings is 1. The van der Waals surface area contributed by atoms with Crippen LogP contribution < -0.4 is 10.2 Å². The topological polar surface area (TPSA) is 48.5 Å². The zero-order chi connectivity index (χ0) is 20.5. The molecule has 0 saturated carbocycles. The zero-order valence-electron chi connectivity index (χ0n) is 16.3. The predicted molar refractivity (Wildman–Crippen MR) is 120 cm³/mol. The molecule has 1 saturated heterocycles. The van der Waals surface area contributed by atoms with Gasteiger partial charge in [0.25, 0.3) is 0 Å². The number of benzene rings is 3. The zero-order valence-corrected chi connectivity index (χ0v) is 17.2. The van der Waals surface area contributed by atoms with Crippen LogP contribution in [0, 0.1) is 5.82 Å². The normalized spacial score (nSPS) is 14.4. The molecule has 2 amide bonds. The number of urea groups is 1. The van der Waals surface area contributed by atoms with Crippen LogP contribution in [0.15, 0.2) is 60.7 Å². The van der Waals surface area contributed by atoms with Crippen molar-refractivity contribution < 1.29 is 9.18 Å². The summed E-state index contributed by atoms with van der Waals surface area (Å²) in [6, 6.07) is 19.0. The van der Waals surface area contributed by atoms with Gasteiger partial charge in [0.15, 0.2) is 5.13 Å². The predicted octanol–water partition coefficient (Wildman–Crippen LogP) is 4.62. The number of rotatable bonds is 3. The molecule has 4 aromatic rings. The van der Waals surface area contributed by atoms with E-state index in [1.165, 1.54) is 28.9 Å². The molecule has 7 heteroatoms. The smallest absolute Gasteiger partial charge is 0.317 e. The Labute approximate surface area is 177 Å². The number of aromatic nitrogens is 1. The highest BCUT2D eigenvalue weighted by molar-refractivity contribution is 7.22. The van der Waals surface area contributed by atoms with Gasteiger partial charge in [-0.3, -0.25) is 0 Å². The van der Waals surface area contributed by atoms with E-state index in [1.807, 2.05) is 23.1 Å². The van der Waals surface area contributed by atoms with Gasteiger partial charge in [0.2, 0.25) is 0 Å². The van der Waals surface area contributed by atoms with Crippen LogP contribution in [-0.2, 0) is 6.54 Å². The second-order valence-corrected chi connectivity index (χ2v) is 8.39. The molecule has 0 atom stereocenters. The Hall–Kier alpha value is -3.19. The van der Waals surface area contributed by atoms with Crippen molar-refractivity contribution in [1.29, 1.82) is 0 Å². The van der Waals surface area contributed by atoms with Crippen molar-refractivity contribution in [2.45, 2.75) is 6.54 Å². The maximum absolute atomic E-state index is 13.4. The van der Waals surface area contributed by atoms with Gasteiger partial charge in [-0.25, -0.2) is 14.2 Å². The van der Waals surface area contributed by atoms with Crippen molar-refractivity contribution in [3.63, 3.8) is 0 Å². The standard InChI is InChI=1S/C23H21FN4OS/c24-18-8-9-20-21(14-18)30-23(26-20)28-12-10-27(11-13-28)22(29)25-15-17-6-3-5-16-4-1-2-7-19(16)17/h1-9,14H,10-13,15H2,(H,25,29). The number of nitrogens with zero attached hydrogens (tertiary/aromatic N) is 3. The number of halogens is 1. The largest absolute Gasteiger partial charge is 0.345 e. The molecule has 0 bridgehead atoms. The molecule has 5 rings (SSSR count). The van der Waals surface area contributed by atoms with Crippen LogP contribution in [0.25, 0.3) is 21.0 Å². The quantitative estimate of drug-likeness (QED) is 0.526. The number of thiazole rings is 1. The maximum Gasteiger partial charge on any atom is 0.317 e. The minimum atomic E-state index is -0.245. The fourth-order valence-electron chi connectivity index (χ4n) is 3.85. The lowest BCUT2D eigenvalue weighted by Crippen LogP contribution is -2.51. The molecule has 1 N–H and O–H groups in total. The summed E-state index contributed by atoms with van der Waals surface area (Å²) in [5, 5.41) is 6.28. The van der Waals surface area contributed by atoms with Gasteiger partial charge in [-0.15, -0.1) is 0 Å². The van der Waals surface area contributed by atoms with Crippen LogP contribution in [-0.4, -0.2) is 42.1 Å². The third-order valence-electron chi connectivity index (χ3n) is 5.49. The van der Waals surface area contributed by atoms with Crippen molar-refractivity contribution >= 4 is 43.5 Å². The molecular weight excluding hydrogens is 399 g/mol. The number of amides is 2. The van der Waals surface area contributed by atoms with Crippen molar-refractivity contribution in [3.05, 3.63) is 72.0 Å². The fraction of sp³-hybridized carbons (Fsp3) is 0.217. The van der Waals surface area contributed by atoms with E-state index >= 15 is 0 Å². The van der Waals surface area contributed by atoms with Gasteiger partial charge in [-0.05, 0) is 34.5 Å². The van der Waals surface area contributed by atoms with Crippen molar-refractivity contribution in [2.24, 2.45) is 0 Å². The summed E-state index contributed by atoms with van der Waals surface area (Å²) in [4.78, 5) is 21.3. The molecule has 2 heterocycles. The number of anilines is 1. The van der Waals surface area contributed by atoms with E-state index in [4.69, 9.17) is 0 Å². The number of hydrogen-bond donors (Lipinski definition) is 1. The Kier molecular flexibility index (Phi) is 4.96. The van der Waals surface area contributed by atoms with Crippen LogP contribution in [0.3, 0.4) is 0 Å². The summed E-state index contributed by atoms with van der Waals surface area (Å²) in [5.74, 6) is -0.245. The van der Waals surface area contributed by atoms with Gasteiger partial charge in [0.05, 0.1) is 10.2 Å². The third kappa shape index (κ3) is 3.68. The van der Waals surface area contributed by atoms with Crippen LogP contribution in [0.4, 0.5) is 14.3 Å². The number of carbonyl (C=O) groups is 1. The van der Waals surface area contributed by atoms with E-state index in [2.05, 4.69) is 39.5 Å². The fourth-order valence-corrected chi connectivity index (χ4v) is 4.89. The average molecular weight is 421 g/mol. The summed E-state index contributed by atoms with van der Waals surface area (Å²) in [6.45, 7) is 3.19. The van der Waals surface area contributed by atoms with E-state index in [0.717, 1.165) is 26.3 Å². The molecule has 0 radical (unpaired) electrons. The number of carbonyl (C=O) groups excluding carboxylic acids is 1. The van der Waals surface area contributed by atoms with Gasteiger partial charge < -0.3 is 15.1 Å². The van der Waals surface area contributed by atoms with Gasteiger partial charge in [0, 0.05) is 32.7 Å². The Morgan fingerprint density at radius 3 is 2.70 bits per heavy atom. The van der Waals surface area contributed by atoms with Crippen LogP contribution in [0.1, 0.15) is 5.56 Å². The first-order valence-electron chi connectivity index (χ1n) is 9.98. The minimum absolute atomic E-state index is 0.0473. The molecule has 3 aromatic carbocycles. The maximum atomic E-state index is 13.4. The molecule has 30 heavy (non-hydrogen) atoms. The van der Waals surface area contributed by atoms with Crippen LogP contribution in [0.2, 0.25) is 0 Å². The van der Waals surface area contributed by atoms with Crippen LogP contribution in [0.5, 0.6) is 0 Å². The SMILES string of the molecule is O=C(NCc1cccc2ccccc12)N1CCN(c2nc3ccc(F)cc3s2)CC1. The molecule has 1 fully saturated rings. The average Bonchev–Trinajstić information content (AvgIpc) is 3.20. The highest BCUT2D eigenvalue weighted by atomic mass is 32.1. The van der Waals surface area contributed by atoms with Crippen molar-refractivity contribution in [3.8, 4) is 0 Å². The Balaban J connectivity index is 1.20.